The van der Waals surface area contributed by atoms with Crippen LogP contribution in [0.1, 0.15) is 41.4 Å². The number of hydrogen-bond acceptors (Lipinski definition) is 6. The summed E-state index contributed by atoms with van der Waals surface area (Å²) in [6.07, 6.45) is 1.97. The van der Waals surface area contributed by atoms with Crippen LogP contribution in [0.5, 0.6) is 0 Å². The number of ether oxygens (including phenoxy) is 1. The summed E-state index contributed by atoms with van der Waals surface area (Å²) in [6, 6.07) is 12.1. The molecular formula is C23H22Cl2N2O3S2. The van der Waals surface area contributed by atoms with Crippen LogP contribution in [-0.2, 0) is 21.7 Å². The van der Waals surface area contributed by atoms with E-state index < -0.39 is 0 Å². The third kappa shape index (κ3) is 7.52. The standard InChI is InChI=1S/C23H22Cl2N2O3S2/c1-2-3-10-30-22(29)15-5-8-18(9-6-15)26-21(28)12-19-14-32-23(27-19)31-13-16-4-7-17(24)11-20(16)25/h4-9,11,14H,2-3,10,12-13H2,1H3,(H,26,28). The number of anilines is 1. The molecule has 9 heteroatoms. The van der Waals surface area contributed by atoms with E-state index in [2.05, 4.69) is 10.3 Å². The molecule has 0 aliphatic carbocycles. The average molecular weight is 509 g/mol. The number of amides is 1. The maximum Gasteiger partial charge on any atom is 0.338 e. The first kappa shape index (κ1) is 24.6. The van der Waals surface area contributed by atoms with E-state index in [1.165, 1.54) is 11.3 Å². The summed E-state index contributed by atoms with van der Waals surface area (Å²) >= 11 is 15.2. The summed E-state index contributed by atoms with van der Waals surface area (Å²) in [4.78, 5) is 28.8. The smallest absolute Gasteiger partial charge is 0.338 e. The minimum absolute atomic E-state index is 0.166. The molecule has 0 aliphatic heterocycles. The van der Waals surface area contributed by atoms with Crippen LogP contribution in [0.4, 0.5) is 5.69 Å². The molecule has 1 heterocycles. The van der Waals surface area contributed by atoms with Gasteiger partial charge in [-0.3, -0.25) is 4.79 Å². The largest absolute Gasteiger partial charge is 0.462 e. The number of aromatic nitrogens is 1. The number of nitrogens with one attached hydrogen (secondary N) is 1. The summed E-state index contributed by atoms with van der Waals surface area (Å²) < 4.78 is 6.05. The fourth-order valence-electron chi connectivity index (χ4n) is 2.67. The molecule has 0 fully saturated rings. The number of hydrogen-bond donors (Lipinski definition) is 1. The zero-order chi connectivity index (χ0) is 22.9. The molecule has 1 amide bonds. The highest BCUT2D eigenvalue weighted by molar-refractivity contribution is 8.00. The monoisotopic (exact) mass is 508 g/mol. The molecule has 0 spiro atoms. The van der Waals surface area contributed by atoms with Crippen molar-refractivity contribution in [3.63, 3.8) is 0 Å². The minimum Gasteiger partial charge on any atom is -0.462 e. The van der Waals surface area contributed by atoms with E-state index >= 15 is 0 Å². The van der Waals surface area contributed by atoms with Crippen LogP contribution in [0.2, 0.25) is 10.0 Å². The Kier molecular flexibility index (Phi) is 9.41. The van der Waals surface area contributed by atoms with Gasteiger partial charge in [-0.25, -0.2) is 9.78 Å². The van der Waals surface area contributed by atoms with Crippen molar-refractivity contribution in [2.75, 3.05) is 11.9 Å². The maximum absolute atomic E-state index is 12.4. The van der Waals surface area contributed by atoms with Gasteiger partial charge in [-0.1, -0.05) is 54.4 Å². The van der Waals surface area contributed by atoms with Gasteiger partial charge >= 0.3 is 5.97 Å². The van der Waals surface area contributed by atoms with Crippen molar-refractivity contribution >= 4 is 63.9 Å². The summed E-state index contributed by atoms with van der Waals surface area (Å²) in [5, 5.41) is 5.93. The Morgan fingerprint density at radius 1 is 1.16 bits per heavy atom. The van der Waals surface area contributed by atoms with Crippen molar-refractivity contribution in [2.45, 2.75) is 36.3 Å². The van der Waals surface area contributed by atoms with Crippen molar-refractivity contribution in [1.82, 2.24) is 4.98 Å². The van der Waals surface area contributed by atoms with Gasteiger partial charge in [-0.15, -0.1) is 11.3 Å². The van der Waals surface area contributed by atoms with Crippen molar-refractivity contribution in [3.8, 4) is 0 Å². The van der Waals surface area contributed by atoms with E-state index in [1.54, 1.807) is 42.1 Å². The molecular weight excluding hydrogens is 487 g/mol. The second-order valence-electron chi connectivity index (χ2n) is 6.92. The Bertz CT molecular complexity index is 1070. The van der Waals surface area contributed by atoms with E-state index in [4.69, 9.17) is 27.9 Å². The molecule has 168 valence electrons. The van der Waals surface area contributed by atoms with Gasteiger partial charge in [-0.05, 0) is 48.4 Å². The van der Waals surface area contributed by atoms with Gasteiger partial charge in [0.2, 0.25) is 5.91 Å². The van der Waals surface area contributed by atoms with Crippen LogP contribution in [0.15, 0.2) is 52.2 Å². The van der Waals surface area contributed by atoms with Gasteiger partial charge in [-0.2, -0.15) is 0 Å². The third-order valence-corrected chi connectivity index (χ3v) is 7.08. The van der Waals surface area contributed by atoms with Crippen LogP contribution >= 0.6 is 46.3 Å². The number of carbonyl (C=O) groups is 2. The lowest BCUT2D eigenvalue weighted by atomic mass is 10.2. The van der Waals surface area contributed by atoms with E-state index in [0.717, 1.165) is 22.7 Å². The molecule has 5 nitrogen and oxygen atoms in total. The zero-order valence-corrected chi connectivity index (χ0v) is 20.5. The Morgan fingerprint density at radius 2 is 1.94 bits per heavy atom. The molecule has 0 radical (unpaired) electrons. The minimum atomic E-state index is -0.358. The second kappa shape index (κ2) is 12.3. The molecule has 0 saturated heterocycles. The fraction of sp³-hybridized carbons (Fsp3) is 0.261. The molecule has 1 N–H and O–H groups in total. The maximum atomic E-state index is 12.4. The van der Waals surface area contributed by atoms with Gasteiger partial charge in [0.25, 0.3) is 0 Å². The van der Waals surface area contributed by atoms with Gasteiger partial charge < -0.3 is 10.1 Å². The van der Waals surface area contributed by atoms with Crippen LogP contribution in [0.3, 0.4) is 0 Å². The first-order valence-electron chi connectivity index (χ1n) is 10.0. The zero-order valence-electron chi connectivity index (χ0n) is 17.4. The Balaban J connectivity index is 1.48. The van der Waals surface area contributed by atoms with Crippen LogP contribution in [0.25, 0.3) is 0 Å². The van der Waals surface area contributed by atoms with Crippen molar-refractivity contribution in [2.24, 2.45) is 0 Å². The number of carbonyl (C=O) groups excluding carboxylic acids is 2. The number of rotatable bonds is 10. The van der Waals surface area contributed by atoms with Crippen LogP contribution in [-0.4, -0.2) is 23.5 Å². The normalized spacial score (nSPS) is 10.7. The highest BCUT2D eigenvalue weighted by atomic mass is 35.5. The van der Waals surface area contributed by atoms with E-state index in [9.17, 15) is 9.59 Å². The first-order valence-corrected chi connectivity index (χ1v) is 12.6. The number of esters is 1. The molecule has 0 aliphatic rings. The molecule has 0 bridgehead atoms. The van der Waals surface area contributed by atoms with Crippen molar-refractivity contribution < 1.29 is 14.3 Å². The number of unbranched alkanes of at least 4 members (excludes halogenated alkanes) is 1. The van der Waals surface area contributed by atoms with Gasteiger partial charge in [0.15, 0.2) is 0 Å². The van der Waals surface area contributed by atoms with Gasteiger partial charge in [0.1, 0.15) is 4.34 Å². The summed E-state index contributed by atoms with van der Waals surface area (Å²) in [5.74, 6) is 0.136. The predicted molar refractivity (Wildman–Crippen MR) is 132 cm³/mol. The SMILES string of the molecule is CCCCOC(=O)c1ccc(NC(=O)Cc2csc(SCc3ccc(Cl)cc3Cl)n2)cc1. The molecule has 0 unspecified atom stereocenters. The van der Waals surface area contributed by atoms with Crippen LogP contribution in [0, 0.1) is 0 Å². The second-order valence-corrected chi connectivity index (χ2v) is 9.85. The highest BCUT2D eigenvalue weighted by Gasteiger charge is 2.11. The van der Waals surface area contributed by atoms with Crippen LogP contribution < -0.4 is 5.32 Å². The molecule has 0 saturated carbocycles. The predicted octanol–water partition coefficient (Wildman–Crippen LogP) is 6.88. The van der Waals surface area contributed by atoms with Crippen molar-refractivity contribution in [1.29, 1.82) is 0 Å². The summed E-state index contributed by atoms with van der Waals surface area (Å²) in [5.41, 5.74) is 2.75. The lowest BCUT2D eigenvalue weighted by molar-refractivity contribution is -0.115. The molecule has 1 aromatic heterocycles. The highest BCUT2D eigenvalue weighted by Crippen LogP contribution is 2.30. The van der Waals surface area contributed by atoms with E-state index in [-0.39, 0.29) is 18.3 Å². The fourth-order valence-corrected chi connectivity index (χ4v) is 5.07. The summed E-state index contributed by atoms with van der Waals surface area (Å²) in [7, 11) is 0. The first-order chi connectivity index (χ1) is 15.4. The number of thioether (sulfide) groups is 1. The quantitative estimate of drug-likeness (QED) is 0.183. The molecule has 2 aromatic carbocycles. The lowest BCUT2D eigenvalue weighted by Gasteiger charge is -2.06. The Morgan fingerprint density at radius 3 is 2.66 bits per heavy atom. The lowest BCUT2D eigenvalue weighted by Crippen LogP contribution is -2.14. The Hall–Kier alpha value is -2.06. The molecule has 3 rings (SSSR count). The third-order valence-electron chi connectivity index (χ3n) is 4.37. The Labute approximate surface area is 205 Å². The van der Waals surface area contributed by atoms with Crippen molar-refractivity contribution in [3.05, 3.63) is 74.7 Å². The average Bonchev–Trinajstić information content (AvgIpc) is 3.20. The molecule has 3 aromatic rings. The van der Waals surface area contributed by atoms with E-state index in [1.807, 2.05) is 24.4 Å². The summed E-state index contributed by atoms with van der Waals surface area (Å²) in [6.45, 7) is 2.45. The topological polar surface area (TPSA) is 68.3 Å². The van der Waals surface area contributed by atoms with Gasteiger partial charge in [0, 0.05) is 26.9 Å². The van der Waals surface area contributed by atoms with Gasteiger partial charge in [0.05, 0.1) is 24.3 Å². The number of nitrogens with zero attached hydrogens (tertiary/aromatic N) is 1. The van der Waals surface area contributed by atoms with E-state index in [0.29, 0.717) is 39.3 Å². The molecule has 32 heavy (non-hydrogen) atoms. The number of thiazole rings is 1. The molecule has 0 atom stereocenters. The number of benzene rings is 2. The number of halogens is 2.